The first kappa shape index (κ1) is 13.2. The molecule has 1 aliphatic heterocycles. The van der Waals surface area contributed by atoms with Gasteiger partial charge in [-0.05, 0) is 37.7 Å². The highest BCUT2D eigenvalue weighted by molar-refractivity contribution is 5.39. The Morgan fingerprint density at radius 3 is 2.39 bits per heavy atom. The molecule has 4 nitrogen and oxygen atoms in total. The van der Waals surface area contributed by atoms with Crippen molar-refractivity contribution in [3.8, 4) is 11.5 Å². The number of likely N-dealkylation sites (N-methyl/N-ethyl adjacent to an activating group) is 1. The lowest BCUT2D eigenvalue weighted by molar-refractivity contribution is 0.355. The van der Waals surface area contributed by atoms with Crippen LogP contribution in [0.3, 0.4) is 0 Å². The fourth-order valence-electron chi connectivity index (χ4n) is 2.31. The molecule has 100 valence electrons. The van der Waals surface area contributed by atoms with Crippen LogP contribution in [0.2, 0.25) is 0 Å². The van der Waals surface area contributed by atoms with Gasteiger partial charge < -0.3 is 19.7 Å². The molecule has 1 atom stereocenters. The van der Waals surface area contributed by atoms with Crippen molar-refractivity contribution in [3.63, 3.8) is 0 Å². The summed E-state index contributed by atoms with van der Waals surface area (Å²) in [6.45, 7) is 3.22. The third kappa shape index (κ3) is 3.15. The zero-order valence-electron chi connectivity index (χ0n) is 11.4. The number of nitrogens with zero attached hydrogens (tertiary/aromatic N) is 1. The highest BCUT2D eigenvalue weighted by atomic mass is 16.5. The van der Waals surface area contributed by atoms with E-state index in [4.69, 9.17) is 9.47 Å². The smallest absolute Gasteiger partial charge is 0.122 e. The average molecular weight is 250 g/mol. The molecule has 0 spiro atoms. The molecular formula is C14H22N2O2. The predicted octanol–water partition coefficient (Wildman–Crippen LogP) is 1.67. The van der Waals surface area contributed by atoms with E-state index in [1.54, 1.807) is 14.2 Å². The Hall–Kier alpha value is -1.26. The minimum Gasteiger partial charge on any atom is -0.497 e. The van der Waals surface area contributed by atoms with Crippen molar-refractivity contribution in [2.75, 3.05) is 40.9 Å². The summed E-state index contributed by atoms with van der Waals surface area (Å²) in [5.41, 5.74) is 1.24. The van der Waals surface area contributed by atoms with E-state index in [9.17, 15) is 0 Å². The topological polar surface area (TPSA) is 33.7 Å². The van der Waals surface area contributed by atoms with E-state index in [0.29, 0.717) is 6.04 Å². The van der Waals surface area contributed by atoms with Gasteiger partial charge in [-0.2, -0.15) is 0 Å². The lowest BCUT2D eigenvalue weighted by Crippen LogP contribution is -2.25. The van der Waals surface area contributed by atoms with E-state index in [1.165, 1.54) is 5.56 Å². The molecule has 0 saturated carbocycles. The van der Waals surface area contributed by atoms with Crippen molar-refractivity contribution in [2.24, 2.45) is 0 Å². The molecule has 0 amide bonds. The van der Waals surface area contributed by atoms with Crippen molar-refractivity contribution in [1.29, 1.82) is 0 Å². The van der Waals surface area contributed by atoms with Gasteiger partial charge in [0, 0.05) is 25.2 Å². The van der Waals surface area contributed by atoms with Crippen LogP contribution in [0.15, 0.2) is 18.2 Å². The van der Waals surface area contributed by atoms with E-state index in [0.717, 1.165) is 37.6 Å². The number of rotatable bonds is 3. The normalized spacial score (nSPS) is 21.4. The van der Waals surface area contributed by atoms with Gasteiger partial charge in [-0.3, -0.25) is 0 Å². The molecule has 1 aromatic carbocycles. The molecule has 0 bridgehead atoms. The van der Waals surface area contributed by atoms with E-state index in [-0.39, 0.29) is 0 Å². The molecule has 1 N–H and O–H groups in total. The first-order valence-electron chi connectivity index (χ1n) is 6.38. The van der Waals surface area contributed by atoms with Crippen molar-refractivity contribution >= 4 is 0 Å². The van der Waals surface area contributed by atoms with E-state index >= 15 is 0 Å². The maximum Gasteiger partial charge on any atom is 0.122 e. The lowest BCUT2D eigenvalue weighted by Gasteiger charge is -2.18. The maximum atomic E-state index is 5.32. The first-order chi connectivity index (χ1) is 8.72. The molecule has 4 heteroatoms. The van der Waals surface area contributed by atoms with Crippen molar-refractivity contribution in [2.45, 2.75) is 12.5 Å². The third-order valence-corrected chi connectivity index (χ3v) is 3.46. The monoisotopic (exact) mass is 250 g/mol. The number of hydrogen-bond acceptors (Lipinski definition) is 4. The second kappa shape index (κ2) is 6.07. The summed E-state index contributed by atoms with van der Waals surface area (Å²) in [7, 11) is 5.54. The number of ether oxygens (including phenoxy) is 2. The standard InChI is InChI=1S/C14H22N2O2/c1-16-6-4-14(15-5-7-16)11-8-12(17-2)10-13(9-11)18-3/h8-10,14-15H,4-7H2,1-3H3. The summed E-state index contributed by atoms with van der Waals surface area (Å²) in [4.78, 5) is 2.35. The highest BCUT2D eigenvalue weighted by Crippen LogP contribution is 2.28. The summed E-state index contributed by atoms with van der Waals surface area (Å²) >= 11 is 0. The summed E-state index contributed by atoms with van der Waals surface area (Å²) in [6.07, 6.45) is 1.10. The van der Waals surface area contributed by atoms with E-state index in [2.05, 4.69) is 29.4 Å². The number of hydrogen-bond donors (Lipinski definition) is 1. The maximum absolute atomic E-state index is 5.32. The van der Waals surface area contributed by atoms with Crippen LogP contribution in [-0.4, -0.2) is 45.8 Å². The molecular weight excluding hydrogens is 228 g/mol. The average Bonchev–Trinajstić information content (AvgIpc) is 2.63. The Kier molecular flexibility index (Phi) is 4.44. The molecule has 2 rings (SSSR count). The number of nitrogens with one attached hydrogen (secondary N) is 1. The van der Waals surface area contributed by atoms with Gasteiger partial charge in [0.05, 0.1) is 14.2 Å². The second-order valence-electron chi connectivity index (χ2n) is 4.74. The Balaban J connectivity index is 2.20. The van der Waals surface area contributed by atoms with Crippen LogP contribution in [0, 0.1) is 0 Å². The fraction of sp³-hybridized carbons (Fsp3) is 0.571. The van der Waals surface area contributed by atoms with E-state index in [1.807, 2.05) is 6.07 Å². The molecule has 1 saturated heterocycles. The van der Waals surface area contributed by atoms with Crippen LogP contribution in [0.4, 0.5) is 0 Å². The van der Waals surface area contributed by atoms with Crippen molar-refractivity contribution in [1.82, 2.24) is 10.2 Å². The summed E-state index contributed by atoms with van der Waals surface area (Å²) in [6, 6.07) is 6.46. The molecule has 1 fully saturated rings. The Labute approximate surface area is 109 Å². The highest BCUT2D eigenvalue weighted by Gasteiger charge is 2.17. The first-order valence-corrected chi connectivity index (χ1v) is 6.38. The molecule has 1 heterocycles. The second-order valence-corrected chi connectivity index (χ2v) is 4.74. The van der Waals surface area contributed by atoms with Gasteiger partial charge in [-0.25, -0.2) is 0 Å². The van der Waals surface area contributed by atoms with Gasteiger partial charge >= 0.3 is 0 Å². The van der Waals surface area contributed by atoms with Gasteiger partial charge in [0.2, 0.25) is 0 Å². The van der Waals surface area contributed by atoms with Crippen molar-refractivity contribution in [3.05, 3.63) is 23.8 Å². The van der Waals surface area contributed by atoms with Crippen molar-refractivity contribution < 1.29 is 9.47 Å². The predicted molar refractivity (Wildman–Crippen MR) is 72.4 cm³/mol. The van der Waals surface area contributed by atoms with Gasteiger partial charge in [0.25, 0.3) is 0 Å². The SMILES string of the molecule is COc1cc(OC)cc(C2CCN(C)CCN2)c1. The number of benzene rings is 1. The minimum absolute atomic E-state index is 0.374. The minimum atomic E-state index is 0.374. The van der Waals surface area contributed by atoms with Gasteiger partial charge in [-0.15, -0.1) is 0 Å². The summed E-state index contributed by atoms with van der Waals surface area (Å²) in [5, 5.41) is 3.58. The molecule has 0 radical (unpaired) electrons. The third-order valence-electron chi connectivity index (χ3n) is 3.46. The molecule has 1 aromatic rings. The molecule has 1 aliphatic rings. The summed E-state index contributed by atoms with van der Waals surface area (Å²) < 4.78 is 10.6. The lowest BCUT2D eigenvalue weighted by atomic mass is 10.0. The Morgan fingerprint density at radius 1 is 1.11 bits per heavy atom. The van der Waals surface area contributed by atoms with Crippen LogP contribution >= 0.6 is 0 Å². The van der Waals surface area contributed by atoms with Crippen LogP contribution < -0.4 is 14.8 Å². The van der Waals surface area contributed by atoms with Gasteiger partial charge in [0.1, 0.15) is 11.5 Å². The number of methoxy groups -OCH3 is 2. The molecule has 0 aromatic heterocycles. The Bertz CT molecular complexity index is 373. The molecule has 1 unspecified atom stereocenters. The zero-order chi connectivity index (χ0) is 13.0. The van der Waals surface area contributed by atoms with Crippen LogP contribution in [0.25, 0.3) is 0 Å². The van der Waals surface area contributed by atoms with Crippen LogP contribution in [0.5, 0.6) is 11.5 Å². The summed E-state index contributed by atoms with van der Waals surface area (Å²) in [5.74, 6) is 1.70. The Morgan fingerprint density at radius 2 is 1.78 bits per heavy atom. The van der Waals surface area contributed by atoms with Crippen LogP contribution in [-0.2, 0) is 0 Å². The zero-order valence-corrected chi connectivity index (χ0v) is 11.4. The quantitative estimate of drug-likeness (QED) is 0.885. The molecule has 18 heavy (non-hydrogen) atoms. The van der Waals surface area contributed by atoms with Gasteiger partial charge in [0.15, 0.2) is 0 Å². The van der Waals surface area contributed by atoms with E-state index < -0.39 is 0 Å². The fourth-order valence-corrected chi connectivity index (χ4v) is 2.31. The van der Waals surface area contributed by atoms with Crippen LogP contribution in [0.1, 0.15) is 18.0 Å². The molecule has 0 aliphatic carbocycles. The largest absolute Gasteiger partial charge is 0.497 e. The van der Waals surface area contributed by atoms with Gasteiger partial charge in [-0.1, -0.05) is 0 Å².